The second kappa shape index (κ2) is 6.82. The number of methoxy groups -OCH3 is 1. The smallest absolute Gasteiger partial charge is 0.466 e. The molecule has 0 aromatic heterocycles. The zero-order valence-electron chi connectivity index (χ0n) is 11.8. The highest BCUT2D eigenvalue weighted by Gasteiger charge is 2.38. The summed E-state index contributed by atoms with van der Waals surface area (Å²) in [7, 11) is -2.86. The molecule has 0 saturated carbocycles. The number of carbonyl (C=O) groups excluding carboxylic acids is 2. The quantitative estimate of drug-likeness (QED) is 0.644. The van der Waals surface area contributed by atoms with Crippen LogP contribution in [0.25, 0.3) is 0 Å². The molecule has 1 rings (SSSR count). The average Bonchev–Trinajstić information content (AvgIpc) is 2.45. The van der Waals surface area contributed by atoms with E-state index in [1.54, 1.807) is 5.32 Å². The van der Waals surface area contributed by atoms with E-state index < -0.39 is 33.6 Å². The fourth-order valence-corrected chi connectivity index (χ4v) is 2.76. The highest BCUT2D eigenvalue weighted by atomic mass is 32.2. The molecular weight excluding hydrogens is 339 g/mol. The molecule has 0 spiro atoms. The van der Waals surface area contributed by atoms with E-state index in [1.165, 1.54) is 0 Å². The van der Waals surface area contributed by atoms with Crippen LogP contribution in [0.2, 0.25) is 0 Å². The fraction of sp³-hybridized carbons (Fsp3) is 0.231. The monoisotopic (exact) mass is 351 g/mol. The third-order valence-corrected chi connectivity index (χ3v) is 4.29. The Labute approximate surface area is 129 Å². The van der Waals surface area contributed by atoms with E-state index in [2.05, 4.69) is 11.3 Å². The van der Waals surface area contributed by atoms with Crippen molar-refractivity contribution in [2.75, 3.05) is 18.2 Å². The lowest BCUT2D eigenvalue weighted by molar-refractivity contribution is -0.167. The molecule has 1 aromatic carbocycles. The molecular formula is C13H12F3NO5S. The molecule has 0 bridgehead atoms. The Morgan fingerprint density at radius 1 is 1.22 bits per heavy atom. The molecule has 0 atom stereocenters. The van der Waals surface area contributed by atoms with Gasteiger partial charge in [-0.15, -0.1) is 0 Å². The Morgan fingerprint density at radius 2 is 1.74 bits per heavy atom. The maximum absolute atomic E-state index is 12.1. The van der Waals surface area contributed by atoms with Crippen molar-refractivity contribution in [3.63, 3.8) is 0 Å². The summed E-state index contributed by atoms with van der Waals surface area (Å²) in [4.78, 5) is 21.7. The normalized spacial score (nSPS) is 11.7. The van der Waals surface area contributed by atoms with Gasteiger partial charge in [-0.3, -0.25) is 4.79 Å². The zero-order chi connectivity index (χ0) is 17.8. The standard InChI is InChI=1S/C13H12F3NO5S/c1-8(11(18)22-2)7-23(20,21)10-5-3-9(4-6-10)17-12(19)13(14,15)16/h3-6H,1,7H2,2H3,(H,17,19). The summed E-state index contributed by atoms with van der Waals surface area (Å²) in [5.74, 6) is -3.76. The van der Waals surface area contributed by atoms with Crippen molar-refractivity contribution in [1.29, 1.82) is 0 Å². The van der Waals surface area contributed by atoms with Crippen molar-refractivity contribution in [3.05, 3.63) is 36.4 Å². The minimum Gasteiger partial charge on any atom is -0.466 e. The predicted octanol–water partition coefficient (Wildman–Crippen LogP) is 1.69. The van der Waals surface area contributed by atoms with E-state index in [0.29, 0.717) is 0 Å². The summed E-state index contributed by atoms with van der Waals surface area (Å²) in [5.41, 5.74) is -0.514. The SMILES string of the molecule is C=C(CS(=O)(=O)c1ccc(NC(=O)C(F)(F)F)cc1)C(=O)OC. The highest BCUT2D eigenvalue weighted by Crippen LogP contribution is 2.20. The number of halogens is 3. The van der Waals surface area contributed by atoms with Crippen LogP contribution < -0.4 is 5.32 Å². The lowest BCUT2D eigenvalue weighted by Gasteiger charge is -2.09. The van der Waals surface area contributed by atoms with Crippen LogP contribution in [0.15, 0.2) is 41.3 Å². The van der Waals surface area contributed by atoms with Crippen LogP contribution in [0.4, 0.5) is 18.9 Å². The highest BCUT2D eigenvalue weighted by molar-refractivity contribution is 7.91. The lowest BCUT2D eigenvalue weighted by atomic mass is 10.3. The van der Waals surface area contributed by atoms with Gasteiger partial charge in [0.05, 0.1) is 17.8 Å². The maximum Gasteiger partial charge on any atom is 0.471 e. The van der Waals surface area contributed by atoms with Crippen LogP contribution >= 0.6 is 0 Å². The van der Waals surface area contributed by atoms with Gasteiger partial charge in [-0.1, -0.05) is 6.58 Å². The van der Waals surface area contributed by atoms with Crippen LogP contribution in [0.5, 0.6) is 0 Å². The van der Waals surface area contributed by atoms with Gasteiger partial charge in [-0.25, -0.2) is 13.2 Å². The number of anilines is 1. The first kappa shape index (κ1) is 18.7. The number of nitrogens with one attached hydrogen (secondary N) is 1. The van der Waals surface area contributed by atoms with Crippen molar-refractivity contribution >= 4 is 27.4 Å². The van der Waals surface area contributed by atoms with E-state index in [4.69, 9.17) is 0 Å². The van der Waals surface area contributed by atoms with Gasteiger partial charge < -0.3 is 10.1 Å². The molecule has 126 valence electrons. The van der Waals surface area contributed by atoms with E-state index in [9.17, 15) is 31.2 Å². The number of hydrogen-bond acceptors (Lipinski definition) is 5. The van der Waals surface area contributed by atoms with Gasteiger partial charge in [-0.2, -0.15) is 13.2 Å². The molecule has 0 aliphatic carbocycles. The minimum atomic E-state index is -5.05. The van der Waals surface area contributed by atoms with Crippen LogP contribution in [0.3, 0.4) is 0 Å². The Hall–Kier alpha value is -2.36. The number of rotatable bonds is 5. The molecule has 0 aliphatic rings. The van der Waals surface area contributed by atoms with Crippen molar-refractivity contribution in [3.8, 4) is 0 Å². The summed E-state index contributed by atoms with van der Waals surface area (Å²) in [5, 5.41) is 1.58. The van der Waals surface area contributed by atoms with E-state index in [1.807, 2.05) is 0 Å². The molecule has 1 N–H and O–H groups in total. The number of alkyl halides is 3. The number of hydrogen-bond donors (Lipinski definition) is 1. The second-order valence-electron chi connectivity index (χ2n) is 4.33. The van der Waals surface area contributed by atoms with Gasteiger partial charge in [0, 0.05) is 11.3 Å². The van der Waals surface area contributed by atoms with Gasteiger partial charge >= 0.3 is 18.1 Å². The largest absolute Gasteiger partial charge is 0.471 e. The number of sulfone groups is 1. The lowest BCUT2D eigenvalue weighted by Crippen LogP contribution is -2.29. The molecule has 6 nitrogen and oxygen atoms in total. The van der Waals surface area contributed by atoms with Crippen molar-refractivity contribution in [2.24, 2.45) is 0 Å². The van der Waals surface area contributed by atoms with Crippen molar-refractivity contribution in [2.45, 2.75) is 11.1 Å². The molecule has 0 unspecified atom stereocenters. The number of ether oxygens (including phenoxy) is 1. The molecule has 0 radical (unpaired) electrons. The Kier molecular flexibility index (Phi) is 5.54. The van der Waals surface area contributed by atoms with Crippen LogP contribution in [0, 0.1) is 0 Å². The first-order valence-electron chi connectivity index (χ1n) is 5.94. The average molecular weight is 351 g/mol. The summed E-state index contributed by atoms with van der Waals surface area (Å²) >= 11 is 0. The van der Waals surface area contributed by atoms with Crippen molar-refractivity contribution in [1.82, 2.24) is 0 Å². The van der Waals surface area contributed by atoms with E-state index >= 15 is 0 Å². The fourth-order valence-electron chi connectivity index (χ4n) is 1.46. The molecule has 0 aliphatic heterocycles. The maximum atomic E-state index is 12.1. The molecule has 10 heteroatoms. The van der Waals surface area contributed by atoms with Crippen LogP contribution in [-0.2, 0) is 24.2 Å². The molecule has 0 heterocycles. The molecule has 1 amide bonds. The third kappa shape index (κ3) is 5.09. The minimum absolute atomic E-state index is 0.224. The van der Waals surface area contributed by atoms with Gasteiger partial charge in [0.25, 0.3) is 0 Å². The number of benzene rings is 1. The molecule has 0 fully saturated rings. The van der Waals surface area contributed by atoms with Gasteiger partial charge in [-0.05, 0) is 24.3 Å². The topological polar surface area (TPSA) is 89.5 Å². The van der Waals surface area contributed by atoms with Crippen LogP contribution in [0.1, 0.15) is 0 Å². The van der Waals surface area contributed by atoms with E-state index in [0.717, 1.165) is 31.4 Å². The second-order valence-corrected chi connectivity index (χ2v) is 6.32. The molecule has 1 aromatic rings. The summed E-state index contributed by atoms with van der Waals surface area (Å²) in [6.07, 6.45) is -5.05. The summed E-state index contributed by atoms with van der Waals surface area (Å²) in [6, 6.07) is 4.01. The van der Waals surface area contributed by atoms with Crippen LogP contribution in [-0.4, -0.2) is 39.3 Å². The molecule has 23 heavy (non-hydrogen) atoms. The Morgan fingerprint density at radius 3 is 2.17 bits per heavy atom. The van der Waals surface area contributed by atoms with Gasteiger partial charge in [0.2, 0.25) is 0 Å². The number of amides is 1. The zero-order valence-corrected chi connectivity index (χ0v) is 12.6. The molecule has 0 saturated heterocycles. The number of carbonyl (C=O) groups is 2. The Bertz CT molecular complexity index is 723. The van der Waals surface area contributed by atoms with Crippen molar-refractivity contribution < 1.29 is 35.9 Å². The Balaban J connectivity index is 2.89. The van der Waals surface area contributed by atoms with Gasteiger partial charge in [0.1, 0.15) is 0 Å². The predicted molar refractivity (Wildman–Crippen MR) is 74.3 cm³/mol. The first-order chi connectivity index (χ1) is 10.5. The summed E-state index contributed by atoms with van der Waals surface area (Å²) < 4.78 is 64.7. The van der Waals surface area contributed by atoms with Gasteiger partial charge in [0.15, 0.2) is 9.84 Å². The van der Waals surface area contributed by atoms with E-state index in [-0.39, 0.29) is 16.2 Å². The number of esters is 1. The third-order valence-electron chi connectivity index (χ3n) is 2.57. The first-order valence-corrected chi connectivity index (χ1v) is 7.59. The summed E-state index contributed by atoms with van der Waals surface area (Å²) in [6.45, 7) is 3.28.